The Labute approximate surface area is 149 Å². The highest BCUT2D eigenvalue weighted by molar-refractivity contribution is 6.31. The van der Waals surface area contributed by atoms with Crippen LogP contribution < -0.4 is 15.7 Å². The minimum Gasteiger partial charge on any atom is -0.481 e. The molecule has 3 rings (SSSR count). The zero-order valence-electron chi connectivity index (χ0n) is 13.7. The van der Waals surface area contributed by atoms with E-state index in [0.717, 1.165) is 10.2 Å². The number of nitrogens with zero attached hydrogens (tertiary/aromatic N) is 2. The summed E-state index contributed by atoms with van der Waals surface area (Å²) in [6.45, 7) is 3.57. The zero-order valence-corrected chi connectivity index (χ0v) is 14.4. The van der Waals surface area contributed by atoms with Crippen LogP contribution >= 0.6 is 11.6 Å². The van der Waals surface area contributed by atoms with Crippen molar-refractivity contribution in [2.45, 2.75) is 20.0 Å². The second-order valence-corrected chi connectivity index (χ2v) is 6.07. The van der Waals surface area contributed by atoms with Crippen molar-refractivity contribution >= 4 is 28.4 Å². The van der Waals surface area contributed by atoms with Crippen LogP contribution in [-0.4, -0.2) is 21.7 Å². The Morgan fingerprint density at radius 3 is 2.68 bits per heavy atom. The lowest BCUT2D eigenvalue weighted by Crippen LogP contribution is -2.40. The third-order valence-electron chi connectivity index (χ3n) is 3.65. The number of halogens is 1. The fraction of sp³-hybridized carbons (Fsp3) is 0.167. The lowest BCUT2D eigenvalue weighted by Gasteiger charge is -2.15. The lowest BCUT2D eigenvalue weighted by molar-refractivity contribution is -0.123. The van der Waals surface area contributed by atoms with E-state index in [-0.39, 0.29) is 0 Å². The van der Waals surface area contributed by atoms with Gasteiger partial charge in [0.25, 0.3) is 11.5 Å². The van der Waals surface area contributed by atoms with Crippen LogP contribution in [0.4, 0.5) is 0 Å². The van der Waals surface area contributed by atoms with Gasteiger partial charge in [0.2, 0.25) is 0 Å². The van der Waals surface area contributed by atoms with E-state index in [9.17, 15) is 9.59 Å². The summed E-state index contributed by atoms with van der Waals surface area (Å²) >= 11 is 5.92. The number of hydrogen-bond donors (Lipinski definition) is 1. The third-order valence-corrected chi connectivity index (χ3v) is 3.89. The predicted molar refractivity (Wildman–Crippen MR) is 96.6 cm³/mol. The van der Waals surface area contributed by atoms with Crippen LogP contribution in [0, 0.1) is 6.92 Å². The summed E-state index contributed by atoms with van der Waals surface area (Å²) in [7, 11) is 0. The molecule has 0 saturated carbocycles. The highest BCUT2D eigenvalue weighted by Gasteiger charge is 2.16. The third kappa shape index (κ3) is 3.80. The smallest absolute Gasteiger partial charge is 0.280 e. The van der Waals surface area contributed by atoms with Crippen LogP contribution in [-0.2, 0) is 4.79 Å². The Balaban J connectivity index is 1.78. The second kappa shape index (κ2) is 6.94. The van der Waals surface area contributed by atoms with Gasteiger partial charge in [-0.3, -0.25) is 15.0 Å². The Bertz CT molecular complexity index is 983. The average Bonchev–Trinajstić information content (AvgIpc) is 2.59. The standard InChI is InChI=1S/C18H16ClN3O3/c1-11-3-6-14(7-4-11)25-12(2)17(23)21-22-10-20-16-8-5-13(19)9-15(16)18(22)24/h3-10,12H,1-2H3,(H,21,23)/t12-/m0/s1. The van der Waals surface area contributed by atoms with Crippen molar-refractivity contribution in [2.75, 3.05) is 5.43 Å². The van der Waals surface area contributed by atoms with Gasteiger partial charge in [-0.15, -0.1) is 0 Å². The molecule has 7 heteroatoms. The highest BCUT2D eigenvalue weighted by atomic mass is 35.5. The molecule has 128 valence electrons. The maximum atomic E-state index is 12.4. The zero-order chi connectivity index (χ0) is 18.0. The summed E-state index contributed by atoms with van der Waals surface area (Å²) in [6.07, 6.45) is 0.472. The molecule has 3 aromatic rings. The molecule has 1 aromatic heterocycles. The molecular weight excluding hydrogens is 342 g/mol. The van der Waals surface area contributed by atoms with Crippen molar-refractivity contribution in [3.63, 3.8) is 0 Å². The molecule has 0 aliphatic carbocycles. The predicted octanol–water partition coefficient (Wildman–Crippen LogP) is 2.90. The van der Waals surface area contributed by atoms with E-state index in [0.29, 0.717) is 21.7 Å². The number of rotatable bonds is 4. The van der Waals surface area contributed by atoms with E-state index >= 15 is 0 Å². The van der Waals surface area contributed by atoms with E-state index in [1.165, 1.54) is 12.4 Å². The molecule has 1 atom stereocenters. The number of aryl methyl sites for hydroxylation is 1. The quantitative estimate of drug-likeness (QED) is 0.779. The molecule has 0 radical (unpaired) electrons. The first-order valence-corrected chi connectivity index (χ1v) is 8.03. The maximum absolute atomic E-state index is 12.4. The molecule has 25 heavy (non-hydrogen) atoms. The molecule has 1 N–H and O–H groups in total. The van der Waals surface area contributed by atoms with Crippen molar-refractivity contribution in [3.05, 3.63) is 69.7 Å². The number of fused-ring (bicyclic) bond motifs is 1. The molecule has 0 unspecified atom stereocenters. The number of aromatic nitrogens is 2. The number of ether oxygens (including phenoxy) is 1. The molecule has 0 spiro atoms. The van der Waals surface area contributed by atoms with Crippen LogP contribution in [0.1, 0.15) is 12.5 Å². The normalized spacial score (nSPS) is 12.0. The minimum absolute atomic E-state index is 0.322. The van der Waals surface area contributed by atoms with Gasteiger partial charge in [0.1, 0.15) is 12.1 Å². The van der Waals surface area contributed by atoms with E-state index < -0.39 is 17.6 Å². The van der Waals surface area contributed by atoms with Gasteiger partial charge in [0, 0.05) is 5.02 Å². The van der Waals surface area contributed by atoms with Crippen molar-refractivity contribution in [3.8, 4) is 5.75 Å². The summed E-state index contributed by atoms with van der Waals surface area (Å²) in [6, 6.07) is 12.2. The van der Waals surface area contributed by atoms with Crippen molar-refractivity contribution < 1.29 is 9.53 Å². The molecular formula is C18H16ClN3O3. The van der Waals surface area contributed by atoms with Crippen LogP contribution in [0.5, 0.6) is 5.75 Å². The molecule has 0 aliphatic rings. The minimum atomic E-state index is -0.787. The molecule has 0 fully saturated rings. The summed E-state index contributed by atoms with van der Waals surface area (Å²) in [4.78, 5) is 28.9. The van der Waals surface area contributed by atoms with Gasteiger partial charge in [-0.2, -0.15) is 0 Å². The highest BCUT2D eigenvalue weighted by Crippen LogP contribution is 2.15. The maximum Gasteiger partial charge on any atom is 0.280 e. The van der Waals surface area contributed by atoms with Gasteiger partial charge in [-0.25, -0.2) is 9.66 Å². The van der Waals surface area contributed by atoms with E-state index in [2.05, 4.69) is 10.4 Å². The fourth-order valence-corrected chi connectivity index (χ4v) is 2.43. The Morgan fingerprint density at radius 2 is 1.96 bits per heavy atom. The van der Waals surface area contributed by atoms with Crippen LogP contribution in [0.15, 0.2) is 53.6 Å². The first-order valence-electron chi connectivity index (χ1n) is 7.65. The average molecular weight is 358 g/mol. The van der Waals surface area contributed by atoms with Crippen LogP contribution in [0.25, 0.3) is 10.9 Å². The van der Waals surface area contributed by atoms with Gasteiger partial charge < -0.3 is 4.74 Å². The Kier molecular flexibility index (Phi) is 4.72. The number of hydrogen-bond acceptors (Lipinski definition) is 4. The first-order chi connectivity index (χ1) is 11.9. The molecule has 6 nitrogen and oxygen atoms in total. The van der Waals surface area contributed by atoms with E-state index in [4.69, 9.17) is 16.3 Å². The number of carbonyl (C=O) groups excluding carboxylic acids is 1. The van der Waals surface area contributed by atoms with Gasteiger partial charge in [-0.1, -0.05) is 29.3 Å². The molecule has 0 saturated heterocycles. The first kappa shape index (κ1) is 17.0. The van der Waals surface area contributed by atoms with Gasteiger partial charge >= 0.3 is 0 Å². The van der Waals surface area contributed by atoms with Crippen molar-refractivity contribution in [1.82, 2.24) is 9.66 Å². The van der Waals surface area contributed by atoms with Gasteiger partial charge in [0.05, 0.1) is 10.9 Å². The molecule has 0 bridgehead atoms. The number of nitrogens with one attached hydrogen (secondary N) is 1. The molecule has 2 aromatic carbocycles. The van der Waals surface area contributed by atoms with E-state index in [1.807, 2.05) is 19.1 Å². The monoisotopic (exact) mass is 357 g/mol. The van der Waals surface area contributed by atoms with Crippen molar-refractivity contribution in [1.29, 1.82) is 0 Å². The number of amides is 1. The summed E-state index contributed by atoms with van der Waals surface area (Å²) in [5, 5.41) is 0.744. The lowest BCUT2D eigenvalue weighted by atomic mass is 10.2. The fourth-order valence-electron chi connectivity index (χ4n) is 2.26. The SMILES string of the molecule is Cc1ccc(O[C@@H](C)C(=O)Nn2cnc3ccc(Cl)cc3c2=O)cc1. The van der Waals surface area contributed by atoms with Gasteiger partial charge in [-0.05, 0) is 44.2 Å². The Morgan fingerprint density at radius 1 is 1.24 bits per heavy atom. The summed E-state index contributed by atoms with van der Waals surface area (Å²) < 4.78 is 6.60. The largest absolute Gasteiger partial charge is 0.481 e. The van der Waals surface area contributed by atoms with Crippen molar-refractivity contribution in [2.24, 2.45) is 0 Å². The molecule has 1 heterocycles. The summed E-state index contributed by atoms with van der Waals surface area (Å²) in [5.74, 6) is 0.106. The number of benzene rings is 2. The number of carbonyl (C=O) groups is 1. The van der Waals surface area contributed by atoms with Crippen LogP contribution in [0.3, 0.4) is 0 Å². The van der Waals surface area contributed by atoms with Gasteiger partial charge in [0.15, 0.2) is 6.10 Å². The van der Waals surface area contributed by atoms with Crippen LogP contribution in [0.2, 0.25) is 5.02 Å². The Hall–Kier alpha value is -2.86. The second-order valence-electron chi connectivity index (χ2n) is 5.63. The molecule has 1 amide bonds. The molecule has 0 aliphatic heterocycles. The van der Waals surface area contributed by atoms with E-state index in [1.54, 1.807) is 31.2 Å². The topological polar surface area (TPSA) is 73.2 Å². The summed E-state index contributed by atoms with van der Waals surface area (Å²) in [5.41, 5.74) is 3.67.